The summed E-state index contributed by atoms with van der Waals surface area (Å²) in [5.74, 6) is 0.844. The molecule has 0 radical (unpaired) electrons. The zero-order valence-electron chi connectivity index (χ0n) is 16.2. The van der Waals surface area contributed by atoms with Crippen molar-refractivity contribution in [2.75, 3.05) is 12.8 Å². The number of non-ortho nitro benzene ring substituents is 1. The number of benzene rings is 3. The number of nitro groups is 1. The van der Waals surface area contributed by atoms with Crippen LogP contribution < -0.4 is 10.5 Å². The summed E-state index contributed by atoms with van der Waals surface area (Å²) in [6.45, 7) is 0. The first-order valence-electron chi connectivity index (χ1n) is 9.26. The predicted octanol–water partition coefficient (Wildman–Crippen LogP) is 5.57. The van der Waals surface area contributed by atoms with Crippen LogP contribution >= 0.6 is 11.3 Å². The SMILES string of the molecule is COc1ccccc1Cc1ccc(-c2ccc([N+](=O)[O-])cc2)c(-c2csc(N)n2)c1. The van der Waals surface area contributed by atoms with Gasteiger partial charge in [0.1, 0.15) is 5.75 Å². The Morgan fingerprint density at radius 1 is 1.07 bits per heavy atom. The smallest absolute Gasteiger partial charge is 0.269 e. The van der Waals surface area contributed by atoms with Gasteiger partial charge in [-0.1, -0.05) is 30.3 Å². The molecule has 0 bridgehead atoms. The van der Waals surface area contributed by atoms with Crippen LogP contribution in [0.1, 0.15) is 11.1 Å². The van der Waals surface area contributed by atoms with Crippen molar-refractivity contribution in [3.63, 3.8) is 0 Å². The summed E-state index contributed by atoms with van der Waals surface area (Å²) in [6.07, 6.45) is 0.706. The van der Waals surface area contributed by atoms with E-state index in [0.717, 1.165) is 39.3 Å². The van der Waals surface area contributed by atoms with Gasteiger partial charge in [0.05, 0.1) is 17.7 Å². The molecule has 30 heavy (non-hydrogen) atoms. The van der Waals surface area contributed by atoms with Gasteiger partial charge < -0.3 is 10.5 Å². The van der Waals surface area contributed by atoms with Gasteiger partial charge in [0.2, 0.25) is 0 Å². The number of nitrogen functional groups attached to an aromatic ring is 1. The molecule has 0 unspecified atom stereocenters. The third-order valence-electron chi connectivity index (χ3n) is 4.86. The fraction of sp³-hybridized carbons (Fsp3) is 0.0870. The lowest BCUT2D eigenvalue weighted by atomic mass is 9.93. The largest absolute Gasteiger partial charge is 0.496 e. The van der Waals surface area contributed by atoms with Crippen molar-refractivity contribution in [3.05, 3.63) is 93.4 Å². The third kappa shape index (κ3) is 4.01. The zero-order valence-corrected chi connectivity index (χ0v) is 17.1. The van der Waals surface area contributed by atoms with E-state index in [-0.39, 0.29) is 5.69 Å². The average molecular weight is 417 g/mol. The lowest BCUT2D eigenvalue weighted by Crippen LogP contribution is -1.95. The molecule has 1 aromatic heterocycles. The van der Waals surface area contributed by atoms with Gasteiger partial charge in [0.25, 0.3) is 5.69 Å². The van der Waals surface area contributed by atoms with Crippen LogP contribution in [0.5, 0.6) is 5.75 Å². The molecule has 7 heteroatoms. The number of nitro benzene ring substituents is 1. The fourth-order valence-corrected chi connectivity index (χ4v) is 3.97. The van der Waals surface area contributed by atoms with Crippen LogP contribution in [-0.2, 0) is 6.42 Å². The van der Waals surface area contributed by atoms with E-state index in [1.165, 1.54) is 23.5 Å². The minimum absolute atomic E-state index is 0.0611. The lowest BCUT2D eigenvalue weighted by molar-refractivity contribution is -0.384. The number of rotatable bonds is 6. The molecule has 0 spiro atoms. The Morgan fingerprint density at radius 3 is 2.50 bits per heavy atom. The van der Waals surface area contributed by atoms with Crippen LogP contribution in [0, 0.1) is 10.1 Å². The van der Waals surface area contributed by atoms with Crippen LogP contribution in [0.25, 0.3) is 22.4 Å². The molecule has 0 saturated carbocycles. The average Bonchev–Trinajstić information content (AvgIpc) is 3.20. The second kappa shape index (κ2) is 8.34. The Bertz CT molecular complexity index is 1200. The second-order valence-electron chi connectivity index (χ2n) is 6.74. The van der Waals surface area contributed by atoms with E-state index < -0.39 is 4.92 Å². The van der Waals surface area contributed by atoms with Gasteiger partial charge in [-0.05, 0) is 46.5 Å². The molecule has 0 saturated heterocycles. The van der Waals surface area contributed by atoms with Crippen molar-refractivity contribution in [1.29, 1.82) is 0 Å². The van der Waals surface area contributed by atoms with Crippen molar-refractivity contribution in [1.82, 2.24) is 4.98 Å². The van der Waals surface area contributed by atoms with E-state index in [0.29, 0.717) is 11.6 Å². The number of anilines is 1. The standard InChI is InChI=1S/C23H19N3O3S/c1-29-22-5-3-2-4-17(22)12-15-6-11-19(16-7-9-18(10-8-16)26(27)28)20(13-15)21-14-30-23(24)25-21/h2-11,13-14H,12H2,1H3,(H2,24,25). The number of para-hydroxylation sites is 1. The maximum Gasteiger partial charge on any atom is 0.269 e. The molecule has 0 aliphatic carbocycles. The van der Waals surface area contributed by atoms with Crippen molar-refractivity contribution < 1.29 is 9.66 Å². The highest BCUT2D eigenvalue weighted by molar-refractivity contribution is 7.13. The van der Waals surface area contributed by atoms with Crippen molar-refractivity contribution >= 4 is 22.2 Å². The van der Waals surface area contributed by atoms with E-state index in [4.69, 9.17) is 10.5 Å². The summed E-state index contributed by atoms with van der Waals surface area (Å²) in [5.41, 5.74) is 11.7. The van der Waals surface area contributed by atoms with Gasteiger partial charge >= 0.3 is 0 Å². The van der Waals surface area contributed by atoms with Crippen molar-refractivity contribution in [2.45, 2.75) is 6.42 Å². The third-order valence-corrected chi connectivity index (χ3v) is 5.53. The topological polar surface area (TPSA) is 91.3 Å². The van der Waals surface area contributed by atoms with Crippen molar-refractivity contribution in [3.8, 4) is 28.1 Å². The molecule has 3 aromatic carbocycles. The molecular formula is C23H19N3O3S. The van der Waals surface area contributed by atoms with Gasteiger partial charge in [-0.3, -0.25) is 10.1 Å². The molecule has 0 aliphatic rings. The van der Waals surface area contributed by atoms with Crippen molar-refractivity contribution in [2.24, 2.45) is 0 Å². The number of methoxy groups -OCH3 is 1. The second-order valence-corrected chi connectivity index (χ2v) is 7.63. The highest BCUT2D eigenvalue weighted by atomic mass is 32.1. The molecule has 4 aromatic rings. The van der Waals surface area contributed by atoms with E-state index in [2.05, 4.69) is 17.1 Å². The minimum Gasteiger partial charge on any atom is -0.496 e. The first kappa shape index (κ1) is 19.6. The molecule has 0 fully saturated rings. The van der Waals surface area contributed by atoms with E-state index >= 15 is 0 Å². The molecule has 1 heterocycles. The molecule has 150 valence electrons. The Balaban J connectivity index is 1.78. The Labute approximate surface area is 177 Å². The molecule has 4 rings (SSSR count). The molecule has 0 aliphatic heterocycles. The van der Waals surface area contributed by atoms with Gasteiger partial charge in [0, 0.05) is 29.5 Å². The molecule has 6 nitrogen and oxygen atoms in total. The first-order chi connectivity index (χ1) is 14.5. The van der Waals surface area contributed by atoms with E-state index in [1.807, 2.05) is 35.7 Å². The number of hydrogen-bond donors (Lipinski definition) is 1. The quantitative estimate of drug-likeness (QED) is 0.327. The number of nitrogens with two attached hydrogens (primary N) is 1. The highest BCUT2D eigenvalue weighted by Crippen LogP contribution is 2.35. The Kier molecular flexibility index (Phi) is 5.45. The minimum atomic E-state index is -0.401. The first-order valence-corrected chi connectivity index (χ1v) is 10.1. The predicted molar refractivity (Wildman–Crippen MR) is 120 cm³/mol. The highest BCUT2D eigenvalue weighted by Gasteiger charge is 2.14. The summed E-state index contributed by atoms with van der Waals surface area (Å²) >= 11 is 1.38. The van der Waals surface area contributed by atoms with E-state index in [1.54, 1.807) is 19.2 Å². The number of nitrogens with zero attached hydrogens (tertiary/aromatic N) is 2. The maximum atomic E-state index is 11.0. The van der Waals surface area contributed by atoms with Crippen LogP contribution in [0.3, 0.4) is 0 Å². The number of thiazole rings is 1. The molecule has 0 amide bonds. The summed E-state index contributed by atoms with van der Waals surface area (Å²) in [6, 6.07) is 20.6. The maximum absolute atomic E-state index is 11.0. The normalized spacial score (nSPS) is 10.7. The summed E-state index contributed by atoms with van der Waals surface area (Å²) in [7, 11) is 1.67. The summed E-state index contributed by atoms with van der Waals surface area (Å²) < 4.78 is 5.48. The van der Waals surface area contributed by atoms with Gasteiger partial charge in [0.15, 0.2) is 5.13 Å². The molecular weight excluding hydrogens is 398 g/mol. The van der Waals surface area contributed by atoms with Crippen LogP contribution in [0.2, 0.25) is 0 Å². The molecule has 2 N–H and O–H groups in total. The van der Waals surface area contributed by atoms with Gasteiger partial charge in [-0.15, -0.1) is 11.3 Å². The van der Waals surface area contributed by atoms with Gasteiger partial charge in [-0.25, -0.2) is 4.98 Å². The number of aromatic nitrogens is 1. The Hall–Kier alpha value is -3.71. The fourth-order valence-electron chi connectivity index (χ4n) is 3.41. The van der Waals surface area contributed by atoms with Crippen LogP contribution in [0.15, 0.2) is 72.1 Å². The van der Waals surface area contributed by atoms with Gasteiger partial charge in [-0.2, -0.15) is 0 Å². The van der Waals surface area contributed by atoms with Crippen LogP contribution in [0.4, 0.5) is 10.8 Å². The number of ether oxygens (including phenoxy) is 1. The van der Waals surface area contributed by atoms with E-state index in [9.17, 15) is 10.1 Å². The summed E-state index contributed by atoms with van der Waals surface area (Å²) in [5, 5.41) is 13.4. The monoisotopic (exact) mass is 417 g/mol. The summed E-state index contributed by atoms with van der Waals surface area (Å²) in [4.78, 5) is 15.0. The van der Waals surface area contributed by atoms with Crippen LogP contribution in [-0.4, -0.2) is 17.0 Å². The molecule has 0 atom stereocenters. The lowest BCUT2D eigenvalue weighted by Gasteiger charge is -2.13. The number of hydrogen-bond acceptors (Lipinski definition) is 6. The zero-order chi connectivity index (χ0) is 21.1. The Morgan fingerprint density at radius 2 is 1.83 bits per heavy atom.